The molecule has 0 bridgehead atoms. The van der Waals surface area contributed by atoms with E-state index in [1.54, 1.807) is 12.1 Å². The highest BCUT2D eigenvalue weighted by molar-refractivity contribution is 5.88. The smallest absolute Gasteiger partial charge is 0.426 e. The second-order valence-corrected chi connectivity index (χ2v) is 9.34. The van der Waals surface area contributed by atoms with Crippen LogP contribution in [0, 0.1) is 29.1 Å². The van der Waals surface area contributed by atoms with E-state index in [-0.39, 0.29) is 0 Å². The van der Waals surface area contributed by atoms with E-state index in [9.17, 15) is 22.0 Å². The molecule has 0 aromatic heterocycles. The fourth-order valence-corrected chi connectivity index (χ4v) is 4.50. The highest BCUT2D eigenvalue weighted by Crippen LogP contribution is 2.38. The Kier molecular flexibility index (Phi) is 7.27. The largest absolute Gasteiger partial charge is 0.426 e. The SMILES string of the molecule is CCCc1ccc(-c2ccc3cc(C(F)(F)Oc4ccc(-c5cc(F)c(F)c(F)c5)c(F)c4F)ccc3c2)cc1. The van der Waals surface area contributed by atoms with Crippen molar-refractivity contribution in [1.29, 1.82) is 0 Å². The molecule has 5 rings (SSSR count). The zero-order valence-corrected chi connectivity index (χ0v) is 21.1. The lowest BCUT2D eigenvalue weighted by molar-refractivity contribution is -0.187. The Morgan fingerprint density at radius 2 is 1.23 bits per heavy atom. The third kappa shape index (κ3) is 5.26. The van der Waals surface area contributed by atoms with Crippen molar-refractivity contribution in [2.75, 3.05) is 0 Å². The number of ether oxygens (including phenoxy) is 1. The minimum atomic E-state index is -4.05. The van der Waals surface area contributed by atoms with Crippen molar-refractivity contribution < 1.29 is 35.5 Å². The summed E-state index contributed by atoms with van der Waals surface area (Å²) in [4.78, 5) is 0. The van der Waals surface area contributed by atoms with Crippen LogP contribution in [0.4, 0.5) is 30.7 Å². The summed E-state index contributed by atoms with van der Waals surface area (Å²) >= 11 is 0. The summed E-state index contributed by atoms with van der Waals surface area (Å²) in [6, 6.07) is 19.7. The molecule has 0 radical (unpaired) electrons. The van der Waals surface area contributed by atoms with E-state index >= 15 is 8.78 Å². The van der Waals surface area contributed by atoms with Crippen LogP contribution in [0.15, 0.2) is 84.9 Å². The second kappa shape index (κ2) is 10.7. The van der Waals surface area contributed by atoms with Crippen LogP contribution >= 0.6 is 0 Å². The maximum absolute atomic E-state index is 15.0. The molecule has 8 heteroatoms. The van der Waals surface area contributed by atoms with Crippen molar-refractivity contribution in [3.63, 3.8) is 0 Å². The molecule has 0 heterocycles. The molecule has 0 atom stereocenters. The van der Waals surface area contributed by atoms with E-state index in [4.69, 9.17) is 0 Å². The maximum atomic E-state index is 15.0. The number of rotatable bonds is 7. The summed E-state index contributed by atoms with van der Waals surface area (Å²) in [5, 5.41) is 1.17. The third-order valence-electron chi connectivity index (χ3n) is 6.58. The number of alkyl halides is 2. The zero-order valence-electron chi connectivity index (χ0n) is 21.1. The number of aryl methyl sites for hydroxylation is 1. The minimum absolute atomic E-state index is 0.466. The highest BCUT2D eigenvalue weighted by Gasteiger charge is 2.36. The third-order valence-corrected chi connectivity index (χ3v) is 6.58. The number of halogens is 7. The van der Waals surface area contributed by atoms with Gasteiger partial charge in [0.15, 0.2) is 29.0 Å². The van der Waals surface area contributed by atoms with Gasteiger partial charge in [0.25, 0.3) is 0 Å². The average molecular weight is 555 g/mol. The van der Waals surface area contributed by atoms with Crippen molar-refractivity contribution >= 4 is 10.8 Å². The monoisotopic (exact) mass is 554 g/mol. The average Bonchev–Trinajstić information content (AvgIpc) is 2.94. The van der Waals surface area contributed by atoms with Gasteiger partial charge in [-0.2, -0.15) is 13.2 Å². The lowest BCUT2D eigenvalue weighted by atomic mass is 9.98. The molecule has 0 unspecified atom stereocenters. The number of hydrogen-bond donors (Lipinski definition) is 0. The summed E-state index contributed by atoms with van der Waals surface area (Å²) < 4.78 is 104. The predicted molar refractivity (Wildman–Crippen MR) is 140 cm³/mol. The summed E-state index contributed by atoms with van der Waals surface area (Å²) in [7, 11) is 0. The van der Waals surface area contributed by atoms with Gasteiger partial charge in [-0.05, 0) is 81.9 Å². The molecule has 0 aliphatic carbocycles. The number of fused-ring (bicyclic) bond motifs is 1. The molecule has 0 amide bonds. The molecule has 0 spiro atoms. The Labute approximate surface area is 225 Å². The quantitative estimate of drug-likeness (QED) is 0.144. The van der Waals surface area contributed by atoms with Crippen LogP contribution in [0.1, 0.15) is 24.5 Å². The minimum Gasteiger partial charge on any atom is -0.426 e. The van der Waals surface area contributed by atoms with Gasteiger partial charge in [0.2, 0.25) is 5.82 Å². The van der Waals surface area contributed by atoms with Gasteiger partial charge in [-0.25, -0.2) is 17.6 Å². The summed E-state index contributed by atoms with van der Waals surface area (Å²) in [5.41, 5.74) is 1.34. The molecule has 0 aliphatic heterocycles. The van der Waals surface area contributed by atoms with Crippen LogP contribution in [0.2, 0.25) is 0 Å². The molecular formula is C32H21F7O. The highest BCUT2D eigenvalue weighted by atomic mass is 19.3. The van der Waals surface area contributed by atoms with Crippen molar-refractivity contribution in [1.82, 2.24) is 0 Å². The van der Waals surface area contributed by atoms with Crippen molar-refractivity contribution in [2.24, 2.45) is 0 Å². The first-order valence-corrected chi connectivity index (χ1v) is 12.4. The van der Waals surface area contributed by atoms with E-state index in [0.717, 1.165) is 36.1 Å². The van der Waals surface area contributed by atoms with E-state index in [0.29, 0.717) is 29.0 Å². The van der Waals surface area contributed by atoms with Gasteiger partial charge in [-0.3, -0.25) is 0 Å². The van der Waals surface area contributed by atoms with Gasteiger partial charge in [0.1, 0.15) is 0 Å². The van der Waals surface area contributed by atoms with Crippen LogP contribution in [0.25, 0.3) is 33.0 Å². The topological polar surface area (TPSA) is 9.23 Å². The maximum Gasteiger partial charge on any atom is 0.426 e. The normalized spacial score (nSPS) is 11.7. The lowest BCUT2D eigenvalue weighted by Gasteiger charge is -2.20. The fourth-order valence-electron chi connectivity index (χ4n) is 4.50. The van der Waals surface area contributed by atoms with Gasteiger partial charge in [0.05, 0.1) is 5.56 Å². The van der Waals surface area contributed by atoms with Crippen molar-refractivity contribution in [2.45, 2.75) is 25.9 Å². The molecule has 0 saturated heterocycles. The predicted octanol–water partition coefficient (Wildman–Crippen LogP) is 9.95. The van der Waals surface area contributed by atoms with Crippen LogP contribution in [0.5, 0.6) is 5.75 Å². The molecule has 5 aromatic carbocycles. The van der Waals surface area contributed by atoms with E-state index in [1.165, 1.54) is 17.7 Å². The van der Waals surface area contributed by atoms with Gasteiger partial charge in [0, 0.05) is 5.56 Å². The summed E-state index contributed by atoms with van der Waals surface area (Å²) in [6.45, 7) is 2.10. The van der Waals surface area contributed by atoms with Gasteiger partial charge >= 0.3 is 6.11 Å². The Morgan fingerprint density at radius 1 is 0.600 bits per heavy atom. The molecule has 0 N–H and O–H groups in total. The first-order chi connectivity index (χ1) is 19.1. The Balaban J connectivity index is 1.41. The van der Waals surface area contributed by atoms with E-state index in [1.807, 2.05) is 18.2 Å². The molecule has 204 valence electrons. The summed E-state index contributed by atoms with van der Waals surface area (Å²) in [5.74, 6) is -9.61. The van der Waals surface area contributed by atoms with Crippen LogP contribution in [0.3, 0.4) is 0 Å². The first-order valence-electron chi connectivity index (χ1n) is 12.4. The van der Waals surface area contributed by atoms with E-state index < -0.39 is 57.6 Å². The molecule has 0 aliphatic rings. The fraction of sp³-hybridized carbons (Fsp3) is 0.125. The number of benzene rings is 5. The first kappa shape index (κ1) is 27.2. The van der Waals surface area contributed by atoms with E-state index in [2.05, 4.69) is 23.8 Å². The Bertz CT molecular complexity index is 1690. The second-order valence-electron chi connectivity index (χ2n) is 9.34. The standard InChI is InChI=1S/C32H21F7O/c1-2-3-18-4-6-19(7-5-18)20-8-9-22-15-24(11-10-21(22)14-20)32(38,39)40-28-13-12-25(29(35)31(28)37)23-16-26(33)30(36)27(34)17-23/h4-17H,2-3H2,1H3. The Hall–Kier alpha value is -4.33. The summed E-state index contributed by atoms with van der Waals surface area (Å²) in [6.07, 6.45) is -2.03. The molecule has 5 aromatic rings. The van der Waals surface area contributed by atoms with Crippen LogP contribution in [-0.4, -0.2) is 0 Å². The van der Waals surface area contributed by atoms with Gasteiger partial charge in [-0.1, -0.05) is 55.8 Å². The van der Waals surface area contributed by atoms with Crippen molar-refractivity contribution in [3.8, 4) is 28.0 Å². The van der Waals surface area contributed by atoms with Crippen LogP contribution in [-0.2, 0) is 12.5 Å². The zero-order chi connectivity index (χ0) is 28.6. The van der Waals surface area contributed by atoms with Gasteiger partial charge in [-0.15, -0.1) is 0 Å². The molecule has 0 fully saturated rings. The Morgan fingerprint density at radius 3 is 1.90 bits per heavy atom. The lowest BCUT2D eigenvalue weighted by Crippen LogP contribution is -2.22. The van der Waals surface area contributed by atoms with Gasteiger partial charge < -0.3 is 4.74 Å². The molecule has 40 heavy (non-hydrogen) atoms. The van der Waals surface area contributed by atoms with Crippen molar-refractivity contribution in [3.05, 3.63) is 125 Å². The van der Waals surface area contributed by atoms with Crippen LogP contribution < -0.4 is 4.74 Å². The number of hydrogen-bond acceptors (Lipinski definition) is 1. The molecule has 1 nitrogen and oxygen atoms in total. The molecular weight excluding hydrogens is 533 g/mol. The molecule has 0 saturated carbocycles.